The third kappa shape index (κ3) is 3.04. The van der Waals surface area contributed by atoms with E-state index in [1.807, 2.05) is 17.0 Å². The van der Waals surface area contributed by atoms with Gasteiger partial charge in [-0.25, -0.2) is 0 Å². The lowest BCUT2D eigenvalue weighted by Gasteiger charge is -2.37. The number of carbonyl (C=O) groups excluding carboxylic acids is 1. The molecule has 2 atom stereocenters. The van der Waals surface area contributed by atoms with Crippen molar-refractivity contribution in [3.8, 4) is 5.75 Å². The second kappa shape index (κ2) is 6.57. The molecule has 1 aromatic carbocycles. The van der Waals surface area contributed by atoms with Crippen molar-refractivity contribution in [1.29, 1.82) is 0 Å². The van der Waals surface area contributed by atoms with Crippen molar-refractivity contribution in [2.24, 2.45) is 5.92 Å². The molecule has 0 aromatic heterocycles. The zero-order valence-corrected chi connectivity index (χ0v) is 13.4. The Kier molecular flexibility index (Phi) is 4.52. The predicted octanol–water partition coefficient (Wildman–Crippen LogP) is 1.34. The average Bonchev–Trinajstić information content (AvgIpc) is 3.00. The Balaban J connectivity index is 1.56. The van der Waals surface area contributed by atoms with Crippen LogP contribution in [0.25, 0.3) is 0 Å². The molecular weight excluding hydrogens is 278 g/mol. The molecule has 0 radical (unpaired) electrons. The van der Waals surface area contributed by atoms with Crippen molar-refractivity contribution in [1.82, 2.24) is 10.2 Å². The van der Waals surface area contributed by atoms with Crippen LogP contribution in [0.15, 0.2) is 24.3 Å². The van der Waals surface area contributed by atoms with Gasteiger partial charge >= 0.3 is 0 Å². The SMILES string of the molecule is COc1ccc(N2CCN(C(=O)C3CCNC3C)CC2)cc1. The summed E-state index contributed by atoms with van der Waals surface area (Å²) in [7, 11) is 1.68. The lowest BCUT2D eigenvalue weighted by Crippen LogP contribution is -2.51. The molecule has 0 spiro atoms. The van der Waals surface area contributed by atoms with E-state index in [0.29, 0.717) is 11.9 Å². The highest BCUT2D eigenvalue weighted by molar-refractivity contribution is 5.80. The normalized spacial score (nSPS) is 25.4. The molecule has 0 aliphatic carbocycles. The van der Waals surface area contributed by atoms with Crippen LogP contribution >= 0.6 is 0 Å². The summed E-state index contributed by atoms with van der Waals surface area (Å²) in [5.41, 5.74) is 1.20. The number of methoxy groups -OCH3 is 1. The molecule has 2 aliphatic rings. The zero-order valence-electron chi connectivity index (χ0n) is 13.4. The Bertz CT molecular complexity index is 509. The van der Waals surface area contributed by atoms with Gasteiger partial charge in [0.25, 0.3) is 0 Å². The van der Waals surface area contributed by atoms with E-state index < -0.39 is 0 Å². The molecule has 0 bridgehead atoms. The van der Waals surface area contributed by atoms with Gasteiger partial charge in [0.1, 0.15) is 5.75 Å². The van der Waals surface area contributed by atoms with Gasteiger partial charge in [-0.15, -0.1) is 0 Å². The van der Waals surface area contributed by atoms with Gasteiger partial charge in [0.05, 0.1) is 13.0 Å². The van der Waals surface area contributed by atoms with Crippen molar-refractivity contribution < 1.29 is 9.53 Å². The molecule has 2 aliphatic heterocycles. The summed E-state index contributed by atoms with van der Waals surface area (Å²) in [4.78, 5) is 17.0. The Morgan fingerprint density at radius 2 is 1.86 bits per heavy atom. The number of nitrogens with zero attached hydrogens (tertiary/aromatic N) is 2. The summed E-state index contributed by atoms with van der Waals surface area (Å²) in [6.07, 6.45) is 0.971. The molecule has 1 aromatic rings. The highest BCUT2D eigenvalue weighted by Crippen LogP contribution is 2.23. The molecule has 5 heteroatoms. The first kappa shape index (κ1) is 15.2. The van der Waals surface area contributed by atoms with Crippen molar-refractivity contribution in [2.45, 2.75) is 19.4 Å². The van der Waals surface area contributed by atoms with Crippen molar-refractivity contribution in [3.05, 3.63) is 24.3 Å². The minimum Gasteiger partial charge on any atom is -0.497 e. The van der Waals surface area contributed by atoms with Crippen LogP contribution in [0.3, 0.4) is 0 Å². The van der Waals surface area contributed by atoms with E-state index >= 15 is 0 Å². The number of anilines is 1. The molecule has 1 N–H and O–H groups in total. The first-order valence-corrected chi connectivity index (χ1v) is 8.10. The minimum atomic E-state index is 0.160. The van der Waals surface area contributed by atoms with Gasteiger partial charge in [-0.05, 0) is 44.2 Å². The van der Waals surface area contributed by atoms with E-state index in [4.69, 9.17) is 4.74 Å². The van der Waals surface area contributed by atoms with Gasteiger partial charge < -0.3 is 19.9 Å². The molecule has 1 amide bonds. The lowest BCUT2D eigenvalue weighted by atomic mass is 10.00. The molecule has 0 saturated carbocycles. The maximum Gasteiger partial charge on any atom is 0.227 e. The standard InChI is InChI=1S/C17H25N3O2/c1-13-16(7-8-18-13)17(21)20-11-9-19(10-12-20)14-3-5-15(22-2)6-4-14/h3-6,13,16,18H,7-12H2,1-2H3. The number of nitrogens with one attached hydrogen (secondary N) is 1. The topological polar surface area (TPSA) is 44.8 Å². The highest BCUT2D eigenvalue weighted by Gasteiger charge is 2.33. The largest absolute Gasteiger partial charge is 0.497 e. The van der Waals surface area contributed by atoms with Gasteiger partial charge in [-0.2, -0.15) is 0 Å². The number of hydrogen-bond donors (Lipinski definition) is 1. The highest BCUT2D eigenvalue weighted by atomic mass is 16.5. The number of piperazine rings is 1. The van der Waals surface area contributed by atoms with Crippen LogP contribution in [0.5, 0.6) is 5.75 Å². The van der Waals surface area contributed by atoms with Gasteiger partial charge in [-0.1, -0.05) is 0 Å². The predicted molar refractivity (Wildman–Crippen MR) is 87.4 cm³/mol. The van der Waals surface area contributed by atoms with Gasteiger partial charge in [0.15, 0.2) is 0 Å². The lowest BCUT2D eigenvalue weighted by molar-refractivity contribution is -0.136. The molecule has 2 unspecified atom stereocenters. The average molecular weight is 303 g/mol. The number of ether oxygens (including phenoxy) is 1. The summed E-state index contributed by atoms with van der Waals surface area (Å²) in [6, 6.07) is 8.45. The second-order valence-corrected chi connectivity index (χ2v) is 6.15. The van der Waals surface area contributed by atoms with Crippen LogP contribution in [0.2, 0.25) is 0 Å². The smallest absolute Gasteiger partial charge is 0.227 e. The van der Waals surface area contributed by atoms with E-state index in [1.165, 1.54) is 5.69 Å². The van der Waals surface area contributed by atoms with Crippen LogP contribution in [0.1, 0.15) is 13.3 Å². The maximum absolute atomic E-state index is 12.6. The third-order valence-corrected chi connectivity index (χ3v) is 4.87. The van der Waals surface area contributed by atoms with E-state index in [9.17, 15) is 4.79 Å². The van der Waals surface area contributed by atoms with Crippen LogP contribution in [-0.2, 0) is 4.79 Å². The number of carbonyl (C=O) groups is 1. The summed E-state index contributed by atoms with van der Waals surface area (Å²) >= 11 is 0. The molecule has 2 heterocycles. The van der Waals surface area contributed by atoms with Crippen molar-refractivity contribution >= 4 is 11.6 Å². The summed E-state index contributed by atoms with van der Waals surface area (Å²) < 4.78 is 5.19. The van der Waals surface area contributed by atoms with Crippen molar-refractivity contribution in [3.63, 3.8) is 0 Å². The zero-order chi connectivity index (χ0) is 15.5. The van der Waals surface area contributed by atoms with Crippen LogP contribution in [0.4, 0.5) is 5.69 Å². The number of amides is 1. The molecule has 3 rings (SSSR count). The monoisotopic (exact) mass is 303 g/mol. The molecular formula is C17H25N3O2. The quantitative estimate of drug-likeness (QED) is 0.915. The Morgan fingerprint density at radius 3 is 2.41 bits per heavy atom. The first-order valence-electron chi connectivity index (χ1n) is 8.10. The second-order valence-electron chi connectivity index (χ2n) is 6.15. The molecule has 2 saturated heterocycles. The summed E-state index contributed by atoms with van der Waals surface area (Å²) in [5.74, 6) is 1.36. The minimum absolute atomic E-state index is 0.160. The molecule has 22 heavy (non-hydrogen) atoms. The van der Waals surface area contributed by atoms with E-state index in [2.05, 4.69) is 29.3 Å². The third-order valence-electron chi connectivity index (χ3n) is 4.87. The Morgan fingerprint density at radius 1 is 1.18 bits per heavy atom. The summed E-state index contributed by atoms with van der Waals surface area (Å²) in [5, 5.41) is 3.37. The number of benzene rings is 1. The van der Waals surface area contributed by atoms with Crippen molar-refractivity contribution in [2.75, 3.05) is 44.7 Å². The number of rotatable bonds is 3. The van der Waals surface area contributed by atoms with Crippen LogP contribution < -0.4 is 15.0 Å². The Labute approximate surface area is 132 Å². The molecule has 120 valence electrons. The molecule has 2 fully saturated rings. The Hall–Kier alpha value is -1.75. The van der Waals surface area contributed by atoms with E-state index in [0.717, 1.165) is 44.9 Å². The fraction of sp³-hybridized carbons (Fsp3) is 0.588. The fourth-order valence-corrected chi connectivity index (χ4v) is 3.41. The van der Waals surface area contributed by atoms with E-state index in [-0.39, 0.29) is 5.92 Å². The van der Waals surface area contributed by atoms with Crippen LogP contribution in [0, 0.1) is 5.92 Å². The van der Waals surface area contributed by atoms with Crippen LogP contribution in [-0.4, -0.2) is 56.7 Å². The summed E-state index contributed by atoms with van der Waals surface area (Å²) in [6.45, 7) is 6.49. The maximum atomic E-state index is 12.6. The van der Waals surface area contributed by atoms with Gasteiger partial charge in [0, 0.05) is 37.9 Å². The van der Waals surface area contributed by atoms with E-state index in [1.54, 1.807) is 7.11 Å². The first-order chi connectivity index (χ1) is 10.7. The molecule has 5 nitrogen and oxygen atoms in total. The van der Waals surface area contributed by atoms with Gasteiger partial charge in [-0.3, -0.25) is 4.79 Å². The van der Waals surface area contributed by atoms with Gasteiger partial charge in [0.2, 0.25) is 5.91 Å². The number of hydrogen-bond acceptors (Lipinski definition) is 4. The fourth-order valence-electron chi connectivity index (χ4n) is 3.41.